The van der Waals surface area contributed by atoms with E-state index in [2.05, 4.69) is 4.98 Å². The van der Waals surface area contributed by atoms with Crippen molar-refractivity contribution >= 4 is 16.6 Å². The van der Waals surface area contributed by atoms with E-state index in [1.165, 1.54) is 18.2 Å². The molecule has 0 saturated heterocycles. The molecular formula is C13H13N3O4. The third kappa shape index (κ3) is 2.11. The Morgan fingerprint density at radius 2 is 2.10 bits per heavy atom. The SMILES string of the molecule is O=c1[nH]c2cccc([N+](=O)[O-])c2c(=O)n1CCC1CC1. The average molecular weight is 275 g/mol. The van der Waals surface area contributed by atoms with E-state index in [1.807, 2.05) is 0 Å². The van der Waals surface area contributed by atoms with E-state index >= 15 is 0 Å². The summed E-state index contributed by atoms with van der Waals surface area (Å²) in [4.78, 5) is 37.2. The molecule has 2 aromatic rings. The first-order chi connectivity index (χ1) is 9.58. The Hall–Kier alpha value is -2.44. The molecule has 0 spiro atoms. The van der Waals surface area contributed by atoms with Crippen LogP contribution in [0.5, 0.6) is 0 Å². The fraction of sp³-hybridized carbons (Fsp3) is 0.385. The maximum atomic E-state index is 12.3. The molecule has 0 unspecified atom stereocenters. The van der Waals surface area contributed by atoms with Gasteiger partial charge in [0, 0.05) is 12.6 Å². The molecule has 0 aliphatic heterocycles. The smallest absolute Gasteiger partial charge is 0.306 e. The molecular weight excluding hydrogens is 262 g/mol. The van der Waals surface area contributed by atoms with Crippen molar-refractivity contribution < 1.29 is 4.92 Å². The van der Waals surface area contributed by atoms with E-state index < -0.39 is 16.2 Å². The number of non-ortho nitro benzene ring substituents is 1. The van der Waals surface area contributed by atoms with Gasteiger partial charge in [-0.3, -0.25) is 19.5 Å². The van der Waals surface area contributed by atoms with Crippen LogP contribution in [0.25, 0.3) is 10.9 Å². The van der Waals surface area contributed by atoms with Crippen LogP contribution in [0.15, 0.2) is 27.8 Å². The molecule has 20 heavy (non-hydrogen) atoms. The van der Waals surface area contributed by atoms with Crippen LogP contribution in [0.2, 0.25) is 0 Å². The van der Waals surface area contributed by atoms with Gasteiger partial charge in [-0.1, -0.05) is 18.9 Å². The van der Waals surface area contributed by atoms with Crippen molar-refractivity contribution in [3.63, 3.8) is 0 Å². The molecule has 0 atom stereocenters. The number of nitrogens with zero attached hydrogens (tertiary/aromatic N) is 2. The molecule has 104 valence electrons. The Kier molecular flexibility index (Phi) is 2.89. The second kappa shape index (κ2) is 4.59. The lowest BCUT2D eigenvalue weighted by Crippen LogP contribution is -2.35. The number of aromatic nitrogens is 2. The highest BCUT2D eigenvalue weighted by Crippen LogP contribution is 2.32. The van der Waals surface area contributed by atoms with E-state index in [0.717, 1.165) is 23.8 Å². The second-order valence-corrected chi connectivity index (χ2v) is 5.08. The van der Waals surface area contributed by atoms with Crippen molar-refractivity contribution in [3.05, 3.63) is 49.2 Å². The molecule has 1 aliphatic rings. The van der Waals surface area contributed by atoms with E-state index in [9.17, 15) is 19.7 Å². The number of rotatable bonds is 4. The Morgan fingerprint density at radius 1 is 1.35 bits per heavy atom. The Morgan fingerprint density at radius 3 is 2.75 bits per heavy atom. The van der Waals surface area contributed by atoms with Crippen LogP contribution in [0, 0.1) is 16.0 Å². The van der Waals surface area contributed by atoms with Gasteiger partial charge in [-0.25, -0.2) is 4.79 Å². The first kappa shape index (κ1) is 12.6. The summed E-state index contributed by atoms with van der Waals surface area (Å²) in [5, 5.41) is 11.0. The van der Waals surface area contributed by atoms with Gasteiger partial charge >= 0.3 is 5.69 Å². The summed E-state index contributed by atoms with van der Waals surface area (Å²) >= 11 is 0. The number of hydrogen-bond donors (Lipinski definition) is 1. The van der Waals surface area contributed by atoms with Crippen LogP contribution >= 0.6 is 0 Å². The lowest BCUT2D eigenvalue weighted by atomic mass is 10.2. The number of fused-ring (bicyclic) bond motifs is 1. The molecule has 1 saturated carbocycles. The molecule has 1 aliphatic carbocycles. The van der Waals surface area contributed by atoms with Gasteiger partial charge < -0.3 is 4.98 Å². The van der Waals surface area contributed by atoms with Gasteiger partial charge in [0.2, 0.25) is 0 Å². The molecule has 3 rings (SSSR count). The third-order valence-corrected chi connectivity index (χ3v) is 3.64. The first-order valence-electron chi connectivity index (χ1n) is 6.48. The van der Waals surface area contributed by atoms with Crippen LogP contribution in [-0.2, 0) is 6.54 Å². The number of benzene rings is 1. The highest BCUT2D eigenvalue weighted by molar-refractivity contribution is 5.86. The Balaban J connectivity index is 2.20. The quantitative estimate of drug-likeness (QED) is 0.673. The number of nitrogens with one attached hydrogen (secondary N) is 1. The molecule has 7 heteroatoms. The molecule has 0 bridgehead atoms. The van der Waals surface area contributed by atoms with Gasteiger partial charge in [0.25, 0.3) is 11.2 Å². The van der Waals surface area contributed by atoms with Crippen LogP contribution in [-0.4, -0.2) is 14.5 Å². The van der Waals surface area contributed by atoms with Gasteiger partial charge in [-0.15, -0.1) is 0 Å². The lowest BCUT2D eigenvalue weighted by molar-refractivity contribution is -0.383. The normalized spacial score (nSPS) is 14.6. The summed E-state index contributed by atoms with van der Waals surface area (Å²) in [5.41, 5.74) is -1.17. The largest absolute Gasteiger partial charge is 0.328 e. The number of hydrogen-bond acceptors (Lipinski definition) is 4. The van der Waals surface area contributed by atoms with E-state index in [1.54, 1.807) is 0 Å². The zero-order valence-electron chi connectivity index (χ0n) is 10.7. The summed E-state index contributed by atoms with van der Waals surface area (Å²) < 4.78 is 1.06. The average Bonchev–Trinajstić information content (AvgIpc) is 3.21. The van der Waals surface area contributed by atoms with Crippen LogP contribution in [0.4, 0.5) is 5.69 Å². The third-order valence-electron chi connectivity index (χ3n) is 3.64. The predicted molar refractivity (Wildman–Crippen MR) is 72.8 cm³/mol. The maximum Gasteiger partial charge on any atom is 0.328 e. The van der Waals surface area contributed by atoms with Crippen LogP contribution in [0.1, 0.15) is 19.3 Å². The molecule has 1 heterocycles. The monoisotopic (exact) mass is 275 g/mol. The molecule has 0 amide bonds. The molecule has 1 fully saturated rings. The summed E-state index contributed by atoms with van der Waals surface area (Å²) in [7, 11) is 0. The van der Waals surface area contributed by atoms with Gasteiger partial charge in [-0.05, 0) is 18.4 Å². The molecule has 1 aromatic heterocycles. The zero-order chi connectivity index (χ0) is 14.3. The van der Waals surface area contributed by atoms with Gasteiger partial charge in [0.1, 0.15) is 5.39 Å². The Bertz CT molecular complexity index is 801. The van der Waals surface area contributed by atoms with Crippen LogP contribution in [0.3, 0.4) is 0 Å². The summed E-state index contributed by atoms with van der Waals surface area (Å²) in [6.45, 7) is 0.306. The minimum Gasteiger partial charge on any atom is -0.306 e. The molecule has 7 nitrogen and oxygen atoms in total. The van der Waals surface area contributed by atoms with Gasteiger partial charge in [-0.2, -0.15) is 0 Å². The minimum atomic E-state index is -0.604. The second-order valence-electron chi connectivity index (χ2n) is 5.08. The number of aromatic amines is 1. The van der Waals surface area contributed by atoms with Crippen molar-refractivity contribution in [2.24, 2.45) is 5.92 Å². The van der Waals surface area contributed by atoms with Crippen molar-refractivity contribution in [2.75, 3.05) is 0 Å². The fourth-order valence-electron chi connectivity index (χ4n) is 2.35. The summed E-state index contributed by atoms with van der Waals surface area (Å²) in [6, 6.07) is 4.22. The highest BCUT2D eigenvalue weighted by Gasteiger charge is 2.23. The van der Waals surface area contributed by atoms with E-state index in [-0.39, 0.29) is 16.6 Å². The van der Waals surface area contributed by atoms with Crippen LogP contribution < -0.4 is 11.2 Å². The van der Waals surface area contributed by atoms with E-state index in [4.69, 9.17) is 0 Å². The standard InChI is InChI=1S/C13H13N3O4/c17-12-11-9(2-1-3-10(11)16(19)20)14-13(18)15(12)7-6-8-4-5-8/h1-3,8H,4-7H2,(H,14,18). The maximum absolute atomic E-state index is 12.3. The fourth-order valence-corrected chi connectivity index (χ4v) is 2.35. The van der Waals surface area contributed by atoms with Gasteiger partial charge in [0.05, 0.1) is 10.4 Å². The lowest BCUT2D eigenvalue weighted by Gasteiger charge is -2.06. The number of H-pyrrole nitrogens is 1. The minimum absolute atomic E-state index is 0.0344. The predicted octanol–water partition coefficient (Wildman–Crippen LogP) is 1.40. The van der Waals surface area contributed by atoms with Gasteiger partial charge in [0.15, 0.2) is 0 Å². The van der Waals surface area contributed by atoms with E-state index in [0.29, 0.717) is 12.5 Å². The van der Waals surface area contributed by atoms with Crippen molar-refractivity contribution in [3.8, 4) is 0 Å². The van der Waals surface area contributed by atoms with Crippen molar-refractivity contribution in [1.82, 2.24) is 9.55 Å². The Labute approximate surface area is 113 Å². The summed E-state index contributed by atoms with van der Waals surface area (Å²) in [5.74, 6) is 0.572. The topological polar surface area (TPSA) is 98.0 Å². The first-order valence-corrected chi connectivity index (χ1v) is 6.48. The molecule has 1 N–H and O–H groups in total. The number of nitro groups is 1. The molecule has 0 radical (unpaired) electrons. The highest BCUT2D eigenvalue weighted by atomic mass is 16.6. The van der Waals surface area contributed by atoms with Crippen molar-refractivity contribution in [2.45, 2.75) is 25.8 Å². The van der Waals surface area contributed by atoms with Crippen molar-refractivity contribution in [1.29, 1.82) is 0 Å². The number of nitro benzene ring substituents is 1. The molecule has 1 aromatic carbocycles. The summed E-state index contributed by atoms with van der Waals surface area (Å²) in [6.07, 6.45) is 3.01. The zero-order valence-corrected chi connectivity index (χ0v) is 10.7.